The molecule has 0 unspecified atom stereocenters. The second-order valence-corrected chi connectivity index (χ2v) is 8.03. The Kier molecular flexibility index (Phi) is 5.54. The zero-order valence-corrected chi connectivity index (χ0v) is 18.1. The number of amides is 2. The van der Waals surface area contributed by atoms with E-state index < -0.39 is 0 Å². The topological polar surface area (TPSA) is 53.1 Å². The average Bonchev–Trinajstić information content (AvgIpc) is 2.99. The van der Waals surface area contributed by atoms with E-state index in [1.807, 2.05) is 30.0 Å². The number of hydrogen-bond acceptors (Lipinski definition) is 5. The van der Waals surface area contributed by atoms with Crippen LogP contribution in [0, 0.1) is 6.92 Å². The summed E-state index contributed by atoms with van der Waals surface area (Å²) in [6.45, 7) is 4.85. The van der Waals surface area contributed by atoms with Gasteiger partial charge in [-0.15, -0.1) is 0 Å². The van der Waals surface area contributed by atoms with Crippen molar-refractivity contribution in [2.24, 2.45) is 0 Å². The first-order valence-corrected chi connectivity index (χ1v) is 10.3. The molecule has 0 spiro atoms. The molecule has 0 saturated carbocycles. The fourth-order valence-electron chi connectivity index (χ4n) is 4.02. The van der Waals surface area contributed by atoms with Crippen LogP contribution in [0.3, 0.4) is 0 Å². The highest BCUT2D eigenvalue weighted by Crippen LogP contribution is 2.39. The number of anilines is 1. The summed E-state index contributed by atoms with van der Waals surface area (Å²) in [5, 5.41) is 0.563. The molecule has 4 rings (SSSR count). The van der Waals surface area contributed by atoms with E-state index in [1.165, 1.54) is 4.90 Å². The fraction of sp³-hybridized carbons (Fsp3) is 0.304. The molecular formula is C23H24ClN3O3. The first kappa shape index (κ1) is 20.4. The summed E-state index contributed by atoms with van der Waals surface area (Å²) in [5.41, 5.74) is 2.76. The molecule has 1 fully saturated rings. The van der Waals surface area contributed by atoms with E-state index in [2.05, 4.69) is 11.9 Å². The van der Waals surface area contributed by atoms with Crippen molar-refractivity contribution in [2.45, 2.75) is 6.92 Å². The molecule has 0 aromatic heterocycles. The molecule has 0 atom stereocenters. The number of carbonyl (C=O) groups excluding carboxylic acids is 2. The number of carbonyl (C=O) groups is 2. The largest absolute Gasteiger partial charge is 0.496 e. The van der Waals surface area contributed by atoms with E-state index in [0.717, 1.165) is 18.7 Å². The highest BCUT2D eigenvalue weighted by molar-refractivity contribution is 6.46. The number of likely N-dealkylation sites (N-methyl/N-ethyl adjacent to an activating group) is 1. The standard InChI is InChI=1S/C23H24ClN3O3/c1-15-14-16(24)8-9-18(15)27-22(28)20(17-6-4-5-7-19(17)30-3)21(23(27)29)26-12-10-25(2)11-13-26/h4-9,14H,10-13H2,1-3H3. The lowest BCUT2D eigenvalue weighted by molar-refractivity contribution is -0.120. The number of piperazine rings is 1. The number of nitrogens with zero attached hydrogens (tertiary/aromatic N) is 3. The summed E-state index contributed by atoms with van der Waals surface area (Å²) < 4.78 is 5.51. The van der Waals surface area contributed by atoms with Crippen LogP contribution in [0.15, 0.2) is 48.2 Å². The van der Waals surface area contributed by atoms with Crippen molar-refractivity contribution in [2.75, 3.05) is 45.2 Å². The summed E-state index contributed by atoms with van der Waals surface area (Å²) >= 11 is 6.10. The van der Waals surface area contributed by atoms with Gasteiger partial charge in [-0.05, 0) is 43.8 Å². The minimum atomic E-state index is -0.344. The maximum absolute atomic E-state index is 13.7. The van der Waals surface area contributed by atoms with E-state index in [-0.39, 0.29) is 11.8 Å². The summed E-state index contributed by atoms with van der Waals surface area (Å²) in [5.74, 6) is -0.0883. The van der Waals surface area contributed by atoms with Crippen LogP contribution in [0.1, 0.15) is 11.1 Å². The van der Waals surface area contributed by atoms with Gasteiger partial charge in [0.05, 0.1) is 18.4 Å². The van der Waals surface area contributed by atoms with Gasteiger partial charge in [-0.1, -0.05) is 29.8 Å². The summed E-state index contributed by atoms with van der Waals surface area (Å²) in [6, 6.07) is 12.5. The van der Waals surface area contributed by atoms with Crippen molar-refractivity contribution >= 4 is 34.7 Å². The van der Waals surface area contributed by atoms with E-state index in [0.29, 0.717) is 46.4 Å². The number of imide groups is 1. The third kappa shape index (κ3) is 3.46. The van der Waals surface area contributed by atoms with Gasteiger partial charge in [0.15, 0.2) is 0 Å². The molecule has 1 saturated heterocycles. The van der Waals surface area contributed by atoms with Crippen molar-refractivity contribution in [1.29, 1.82) is 0 Å². The smallest absolute Gasteiger partial charge is 0.282 e. The number of rotatable bonds is 4. The second kappa shape index (κ2) is 8.13. The van der Waals surface area contributed by atoms with E-state index in [4.69, 9.17) is 16.3 Å². The van der Waals surface area contributed by atoms with Crippen LogP contribution in [-0.2, 0) is 9.59 Å². The number of ether oxygens (including phenoxy) is 1. The van der Waals surface area contributed by atoms with Gasteiger partial charge in [0.25, 0.3) is 11.8 Å². The van der Waals surface area contributed by atoms with Gasteiger partial charge < -0.3 is 14.5 Å². The Hall–Kier alpha value is -2.83. The number of hydrogen-bond donors (Lipinski definition) is 0. The molecule has 2 aliphatic heterocycles. The van der Waals surface area contributed by atoms with Gasteiger partial charge in [-0.25, -0.2) is 4.90 Å². The van der Waals surface area contributed by atoms with Crippen LogP contribution in [0.4, 0.5) is 5.69 Å². The minimum absolute atomic E-state index is 0.309. The van der Waals surface area contributed by atoms with Gasteiger partial charge >= 0.3 is 0 Å². The fourth-order valence-corrected chi connectivity index (χ4v) is 4.25. The number of para-hydroxylation sites is 1. The molecule has 2 aromatic rings. The third-order valence-corrected chi connectivity index (χ3v) is 5.89. The predicted molar refractivity (Wildman–Crippen MR) is 118 cm³/mol. The van der Waals surface area contributed by atoms with Crippen LogP contribution in [0.2, 0.25) is 5.02 Å². The van der Waals surface area contributed by atoms with Crippen molar-refractivity contribution in [3.8, 4) is 5.75 Å². The molecule has 2 amide bonds. The number of benzene rings is 2. The van der Waals surface area contributed by atoms with Crippen LogP contribution < -0.4 is 9.64 Å². The molecule has 156 valence electrons. The van der Waals surface area contributed by atoms with E-state index in [9.17, 15) is 9.59 Å². The monoisotopic (exact) mass is 425 g/mol. The van der Waals surface area contributed by atoms with E-state index >= 15 is 0 Å². The molecule has 0 aliphatic carbocycles. The Morgan fingerprint density at radius 1 is 0.967 bits per heavy atom. The zero-order chi connectivity index (χ0) is 21.4. The predicted octanol–water partition coefficient (Wildman–Crippen LogP) is 3.19. The SMILES string of the molecule is COc1ccccc1C1=C(N2CCN(C)CC2)C(=O)N(c2ccc(Cl)cc2C)C1=O. The molecular weight excluding hydrogens is 402 g/mol. The Bertz CT molecular complexity index is 1040. The lowest BCUT2D eigenvalue weighted by Crippen LogP contribution is -2.46. The van der Waals surface area contributed by atoms with Crippen molar-refractivity contribution in [1.82, 2.24) is 9.80 Å². The van der Waals surface area contributed by atoms with Crippen molar-refractivity contribution in [3.63, 3.8) is 0 Å². The van der Waals surface area contributed by atoms with Gasteiger partial charge in [-0.2, -0.15) is 0 Å². The zero-order valence-electron chi connectivity index (χ0n) is 17.3. The molecule has 0 bridgehead atoms. The van der Waals surface area contributed by atoms with Crippen LogP contribution in [-0.4, -0.2) is 62.0 Å². The Balaban J connectivity index is 1.86. The second-order valence-electron chi connectivity index (χ2n) is 7.59. The van der Waals surface area contributed by atoms with Crippen molar-refractivity contribution < 1.29 is 14.3 Å². The summed E-state index contributed by atoms with van der Waals surface area (Å²) in [7, 11) is 3.62. The van der Waals surface area contributed by atoms with Crippen molar-refractivity contribution in [3.05, 3.63) is 64.3 Å². The molecule has 30 heavy (non-hydrogen) atoms. The lowest BCUT2D eigenvalue weighted by Gasteiger charge is -2.34. The first-order chi connectivity index (χ1) is 14.4. The molecule has 2 aromatic carbocycles. The van der Waals surface area contributed by atoms with E-state index in [1.54, 1.807) is 31.4 Å². The average molecular weight is 426 g/mol. The lowest BCUT2D eigenvalue weighted by atomic mass is 10.0. The van der Waals surface area contributed by atoms with Crippen LogP contribution in [0.25, 0.3) is 5.57 Å². The molecule has 6 nitrogen and oxygen atoms in total. The third-order valence-electron chi connectivity index (χ3n) is 5.65. The summed E-state index contributed by atoms with van der Waals surface area (Å²) in [6.07, 6.45) is 0. The van der Waals surface area contributed by atoms with Gasteiger partial charge in [0.2, 0.25) is 0 Å². The number of aryl methyl sites for hydroxylation is 1. The highest BCUT2D eigenvalue weighted by atomic mass is 35.5. The Morgan fingerprint density at radius 3 is 2.33 bits per heavy atom. The number of halogens is 1. The normalized spacial score (nSPS) is 17.9. The Morgan fingerprint density at radius 2 is 1.67 bits per heavy atom. The quantitative estimate of drug-likeness (QED) is 0.704. The van der Waals surface area contributed by atoms with Gasteiger partial charge in [0, 0.05) is 36.8 Å². The maximum Gasteiger partial charge on any atom is 0.282 e. The number of methoxy groups -OCH3 is 1. The van der Waals surface area contributed by atoms with Crippen LogP contribution in [0.5, 0.6) is 5.75 Å². The first-order valence-electron chi connectivity index (χ1n) is 9.88. The Labute approximate surface area is 181 Å². The minimum Gasteiger partial charge on any atom is -0.496 e. The maximum atomic E-state index is 13.7. The molecule has 0 radical (unpaired) electrons. The highest BCUT2D eigenvalue weighted by Gasteiger charge is 2.44. The van der Waals surface area contributed by atoms with Gasteiger partial charge in [-0.3, -0.25) is 9.59 Å². The molecule has 7 heteroatoms. The van der Waals surface area contributed by atoms with Crippen LogP contribution >= 0.6 is 11.6 Å². The summed E-state index contributed by atoms with van der Waals surface area (Å²) in [4.78, 5) is 32.8. The molecule has 0 N–H and O–H groups in total. The molecule has 2 aliphatic rings. The molecule has 2 heterocycles. The van der Waals surface area contributed by atoms with Gasteiger partial charge in [0.1, 0.15) is 11.4 Å².